The first-order valence-electron chi connectivity index (χ1n) is 5.16. The van der Waals surface area contributed by atoms with E-state index in [2.05, 4.69) is 5.32 Å². The smallest absolute Gasteiger partial charge is 0.151 e. The van der Waals surface area contributed by atoms with Crippen LogP contribution in [0.15, 0.2) is 23.0 Å². The molecule has 3 heteroatoms. The maximum Gasteiger partial charge on any atom is 0.151 e. The van der Waals surface area contributed by atoms with Crippen LogP contribution in [-0.4, -0.2) is 12.6 Å². The monoisotopic (exact) mass is 197 g/mol. The lowest BCUT2D eigenvalue weighted by Gasteiger charge is -2.33. The van der Waals surface area contributed by atoms with Gasteiger partial charge in [-0.05, 0) is 32.4 Å². The highest BCUT2D eigenvalue weighted by Gasteiger charge is 2.37. The molecule has 2 atom stereocenters. The molecule has 2 rings (SSSR count). The first kappa shape index (κ1) is 9.71. The maximum absolute atomic E-state index is 14.4. The van der Waals surface area contributed by atoms with Crippen LogP contribution in [0.2, 0.25) is 0 Å². The van der Waals surface area contributed by atoms with Crippen LogP contribution in [0.5, 0.6) is 0 Å². The van der Waals surface area contributed by atoms with Gasteiger partial charge in [-0.2, -0.15) is 0 Å². The molecule has 1 fully saturated rings. The number of alkyl halides is 1. The van der Waals surface area contributed by atoms with Crippen molar-refractivity contribution < 1.29 is 8.81 Å². The van der Waals surface area contributed by atoms with Gasteiger partial charge in [-0.25, -0.2) is 4.39 Å². The fraction of sp³-hybridized carbons (Fsp3) is 0.636. The number of halogens is 1. The first-order valence-corrected chi connectivity index (χ1v) is 5.16. The van der Waals surface area contributed by atoms with E-state index < -0.39 is 5.67 Å². The van der Waals surface area contributed by atoms with Gasteiger partial charge in [0.15, 0.2) is 5.67 Å². The van der Waals surface area contributed by atoms with E-state index >= 15 is 0 Å². The molecule has 0 radical (unpaired) electrons. The molecule has 0 bridgehead atoms. The lowest BCUT2D eigenvalue weighted by Crippen LogP contribution is -2.46. The fourth-order valence-corrected chi connectivity index (χ4v) is 2.06. The summed E-state index contributed by atoms with van der Waals surface area (Å²) in [5.41, 5.74) is -0.676. The van der Waals surface area contributed by atoms with Crippen molar-refractivity contribution in [1.82, 2.24) is 5.32 Å². The molecule has 0 spiro atoms. The van der Waals surface area contributed by atoms with Crippen LogP contribution < -0.4 is 5.32 Å². The first-order chi connectivity index (χ1) is 6.71. The van der Waals surface area contributed by atoms with Gasteiger partial charge < -0.3 is 9.73 Å². The van der Waals surface area contributed by atoms with Crippen molar-refractivity contribution in [2.75, 3.05) is 6.54 Å². The van der Waals surface area contributed by atoms with E-state index in [0.717, 1.165) is 25.8 Å². The molecule has 1 aromatic rings. The van der Waals surface area contributed by atoms with E-state index in [9.17, 15) is 4.39 Å². The van der Waals surface area contributed by atoms with Gasteiger partial charge in [0.1, 0.15) is 0 Å². The zero-order valence-electron chi connectivity index (χ0n) is 8.42. The van der Waals surface area contributed by atoms with E-state index in [1.54, 1.807) is 13.0 Å². The summed E-state index contributed by atoms with van der Waals surface area (Å²) in [6.07, 6.45) is 6.18. The number of furan rings is 1. The molecule has 0 saturated carbocycles. The van der Waals surface area contributed by atoms with Crippen LogP contribution in [0.3, 0.4) is 0 Å². The molecule has 1 aromatic heterocycles. The average molecular weight is 197 g/mol. The quantitative estimate of drug-likeness (QED) is 0.788. The summed E-state index contributed by atoms with van der Waals surface area (Å²) >= 11 is 0. The maximum atomic E-state index is 14.4. The second-order valence-electron chi connectivity index (χ2n) is 4.09. The molecular formula is C11H16FNO. The number of piperidine rings is 1. The molecule has 1 aliphatic rings. The van der Waals surface area contributed by atoms with Gasteiger partial charge in [0.25, 0.3) is 0 Å². The van der Waals surface area contributed by atoms with Crippen molar-refractivity contribution in [2.45, 2.75) is 37.9 Å². The van der Waals surface area contributed by atoms with Gasteiger partial charge in [-0.1, -0.05) is 6.42 Å². The SMILES string of the molecule is CC(F)(c1ccoc1)C1CCCCN1. The van der Waals surface area contributed by atoms with E-state index in [0.29, 0.717) is 5.56 Å². The molecule has 0 amide bonds. The minimum atomic E-state index is -1.31. The zero-order valence-corrected chi connectivity index (χ0v) is 8.42. The summed E-state index contributed by atoms with van der Waals surface area (Å²) in [5.74, 6) is 0. The van der Waals surface area contributed by atoms with Crippen molar-refractivity contribution in [2.24, 2.45) is 0 Å². The van der Waals surface area contributed by atoms with Gasteiger partial charge >= 0.3 is 0 Å². The molecule has 2 nitrogen and oxygen atoms in total. The molecule has 2 heterocycles. The Morgan fingerprint density at radius 2 is 2.43 bits per heavy atom. The van der Waals surface area contributed by atoms with Crippen molar-refractivity contribution in [1.29, 1.82) is 0 Å². The van der Waals surface area contributed by atoms with E-state index in [4.69, 9.17) is 4.42 Å². The largest absolute Gasteiger partial charge is 0.472 e. The standard InChI is InChI=1S/C11H16FNO/c1-11(12,9-5-7-14-8-9)10-4-2-3-6-13-10/h5,7-8,10,13H,2-4,6H2,1H3. The number of hydrogen-bond acceptors (Lipinski definition) is 2. The van der Waals surface area contributed by atoms with Crippen LogP contribution >= 0.6 is 0 Å². The Bertz CT molecular complexity index is 275. The van der Waals surface area contributed by atoms with Crippen LogP contribution in [-0.2, 0) is 5.67 Å². The molecule has 2 unspecified atom stereocenters. The zero-order chi connectivity index (χ0) is 10.0. The van der Waals surface area contributed by atoms with Crippen LogP contribution in [0.4, 0.5) is 4.39 Å². The van der Waals surface area contributed by atoms with Gasteiger partial charge in [0.05, 0.1) is 12.5 Å². The van der Waals surface area contributed by atoms with Gasteiger partial charge in [-0.15, -0.1) is 0 Å². The highest BCUT2D eigenvalue weighted by Crippen LogP contribution is 2.33. The Morgan fingerprint density at radius 3 is 3.00 bits per heavy atom. The van der Waals surface area contributed by atoms with E-state index in [1.807, 2.05) is 0 Å². The molecule has 0 aromatic carbocycles. The normalized spacial score (nSPS) is 27.1. The predicted octanol–water partition coefficient (Wildman–Crippen LogP) is 2.61. The van der Waals surface area contributed by atoms with E-state index in [-0.39, 0.29) is 6.04 Å². The fourth-order valence-electron chi connectivity index (χ4n) is 2.06. The summed E-state index contributed by atoms with van der Waals surface area (Å²) in [5, 5.41) is 3.23. The molecule has 14 heavy (non-hydrogen) atoms. The van der Waals surface area contributed by atoms with Gasteiger partial charge in [0.2, 0.25) is 0 Å². The molecule has 0 aliphatic carbocycles. The minimum Gasteiger partial charge on any atom is -0.472 e. The molecule has 1 aliphatic heterocycles. The van der Waals surface area contributed by atoms with Gasteiger partial charge in [0, 0.05) is 11.6 Å². The van der Waals surface area contributed by atoms with Crippen LogP contribution in [0.25, 0.3) is 0 Å². The van der Waals surface area contributed by atoms with E-state index in [1.165, 1.54) is 12.5 Å². The number of nitrogens with one attached hydrogen (secondary N) is 1. The van der Waals surface area contributed by atoms with Crippen LogP contribution in [0, 0.1) is 0 Å². The summed E-state index contributed by atoms with van der Waals surface area (Å²) in [7, 11) is 0. The highest BCUT2D eigenvalue weighted by molar-refractivity contribution is 5.18. The van der Waals surface area contributed by atoms with Crippen molar-refractivity contribution in [3.8, 4) is 0 Å². The van der Waals surface area contributed by atoms with Crippen molar-refractivity contribution in [3.63, 3.8) is 0 Å². The molecule has 1 saturated heterocycles. The lowest BCUT2D eigenvalue weighted by molar-refractivity contribution is 0.107. The highest BCUT2D eigenvalue weighted by atomic mass is 19.1. The Morgan fingerprint density at radius 1 is 1.57 bits per heavy atom. The molecule has 78 valence electrons. The number of hydrogen-bond donors (Lipinski definition) is 1. The third kappa shape index (κ3) is 1.69. The minimum absolute atomic E-state index is 0.0751. The average Bonchev–Trinajstić information content (AvgIpc) is 2.72. The Hall–Kier alpha value is -0.830. The summed E-state index contributed by atoms with van der Waals surface area (Å²) in [4.78, 5) is 0. The lowest BCUT2D eigenvalue weighted by atomic mass is 9.86. The summed E-state index contributed by atoms with van der Waals surface area (Å²) in [6, 6.07) is 1.63. The van der Waals surface area contributed by atoms with Gasteiger partial charge in [-0.3, -0.25) is 0 Å². The summed E-state index contributed by atoms with van der Waals surface area (Å²) in [6.45, 7) is 2.54. The predicted molar refractivity (Wildman–Crippen MR) is 52.8 cm³/mol. The van der Waals surface area contributed by atoms with Crippen LogP contribution in [0.1, 0.15) is 31.7 Å². The third-order valence-corrected chi connectivity index (χ3v) is 3.05. The Labute approximate surface area is 83.5 Å². The second kappa shape index (κ2) is 3.73. The Kier molecular flexibility index (Phi) is 2.59. The molecule has 1 N–H and O–H groups in total. The Balaban J connectivity index is 2.14. The molecular weight excluding hydrogens is 181 g/mol. The summed E-state index contributed by atoms with van der Waals surface area (Å²) < 4.78 is 19.3. The number of rotatable bonds is 2. The van der Waals surface area contributed by atoms with Crippen molar-refractivity contribution >= 4 is 0 Å². The second-order valence-corrected chi connectivity index (χ2v) is 4.09. The topological polar surface area (TPSA) is 25.2 Å². The van der Waals surface area contributed by atoms with Crippen molar-refractivity contribution in [3.05, 3.63) is 24.2 Å². The third-order valence-electron chi connectivity index (χ3n) is 3.05.